The van der Waals surface area contributed by atoms with Gasteiger partial charge in [0.1, 0.15) is 11.8 Å². The van der Waals surface area contributed by atoms with Crippen molar-refractivity contribution in [3.63, 3.8) is 0 Å². The number of benzene rings is 2. The highest BCUT2D eigenvalue weighted by Gasteiger charge is 2.26. The first-order valence-corrected chi connectivity index (χ1v) is 9.74. The molecule has 2 aromatic carbocycles. The molecule has 0 radical (unpaired) electrons. The van der Waals surface area contributed by atoms with E-state index in [4.69, 9.17) is 4.74 Å². The zero-order chi connectivity index (χ0) is 20.0. The van der Waals surface area contributed by atoms with Gasteiger partial charge >= 0.3 is 5.97 Å². The molecule has 6 nitrogen and oxygen atoms in total. The molecule has 2 rings (SSSR count). The molecule has 0 saturated heterocycles. The van der Waals surface area contributed by atoms with Crippen LogP contribution in [0.2, 0.25) is 0 Å². The Balaban J connectivity index is 2.22. The quantitative estimate of drug-likeness (QED) is 0.554. The molecule has 0 aliphatic carbocycles. The van der Waals surface area contributed by atoms with E-state index in [0.717, 1.165) is 16.9 Å². The molecule has 1 N–H and O–H groups in total. The molecule has 0 heterocycles. The lowest BCUT2D eigenvalue weighted by Crippen LogP contribution is -2.41. The molecule has 0 bridgehead atoms. The first-order chi connectivity index (χ1) is 12.8. The lowest BCUT2D eigenvalue weighted by Gasteiger charge is -2.17. The predicted octanol–water partition coefficient (Wildman–Crippen LogP) is 3.15. The molecule has 0 fully saturated rings. The fraction of sp³-hybridized carbons (Fsp3) is 0.250. The third-order valence-electron chi connectivity index (χ3n) is 3.92. The molecule has 0 aliphatic rings. The summed E-state index contributed by atoms with van der Waals surface area (Å²) in [7, 11) is -1.07. The third-order valence-corrected chi connectivity index (χ3v) is 5.41. The maximum atomic E-state index is 12.6. The summed E-state index contributed by atoms with van der Waals surface area (Å²) in [5, 5.41) is 0. The average molecular weight is 389 g/mol. The number of ether oxygens (including phenoxy) is 2. The summed E-state index contributed by atoms with van der Waals surface area (Å²) < 4.78 is 37.4. The van der Waals surface area contributed by atoms with Crippen LogP contribution in [0.1, 0.15) is 13.3 Å². The molecule has 1 unspecified atom stereocenters. The molecule has 7 heteroatoms. The number of carbonyl (C=O) groups excluding carboxylic acids is 1. The number of hydrogen-bond acceptors (Lipinski definition) is 5. The minimum absolute atomic E-state index is 0.0652. The topological polar surface area (TPSA) is 81.7 Å². The van der Waals surface area contributed by atoms with E-state index in [9.17, 15) is 13.2 Å². The van der Waals surface area contributed by atoms with E-state index in [1.54, 1.807) is 26.2 Å². The summed E-state index contributed by atoms with van der Waals surface area (Å²) in [4.78, 5) is 11.9. The van der Waals surface area contributed by atoms with Gasteiger partial charge in [0.15, 0.2) is 0 Å². The number of esters is 1. The van der Waals surface area contributed by atoms with Gasteiger partial charge in [-0.2, -0.15) is 4.72 Å². The number of hydrogen-bond donors (Lipinski definition) is 1. The molecule has 0 saturated carbocycles. The minimum Gasteiger partial charge on any atom is -0.497 e. The second kappa shape index (κ2) is 8.83. The predicted molar refractivity (Wildman–Crippen MR) is 104 cm³/mol. The Morgan fingerprint density at radius 2 is 1.56 bits per heavy atom. The summed E-state index contributed by atoms with van der Waals surface area (Å²) >= 11 is 0. The van der Waals surface area contributed by atoms with Crippen molar-refractivity contribution >= 4 is 16.0 Å². The Morgan fingerprint density at radius 1 is 1.04 bits per heavy atom. The molecule has 2 aromatic rings. The Bertz CT molecular complexity index is 902. The van der Waals surface area contributed by atoms with Crippen molar-refractivity contribution in [3.8, 4) is 16.9 Å². The van der Waals surface area contributed by atoms with Crippen molar-refractivity contribution in [1.29, 1.82) is 0 Å². The molecule has 0 aromatic heterocycles. The fourth-order valence-electron chi connectivity index (χ4n) is 2.53. The van der Waals surface area contributed by atoms with E-state index in [2.05, 4.69) is 16.0 Å². The van der Waals surface area contributed by atoms with Crippen LogP contribution >= 0.6 is 0 Å². The van der Waals surface area contributed by atoms with Crippen LogP contribution in [0.25, 0.3) is 11.1 Å². The van der Waals surface area contributed by atoms with Crippen molar-refractivity contribution in [3.05, 3.63) is 60.7 Å². The van der Waals surface area contributed by atoms with Crippen LogP contribution in [0.4, 0.5) is 0 Å². The lowest BCUT2D eigenvalue weighted by atomic mass is 10.1. The van der Waals surface area contributed by atoms with Gasteiger partial charge in [-0.05, 0) is 48.7 Å². The third kappa shape index (κ3) is 5.42. The van der Waals surface area contributed by atoms with Gasteiger partial charge in [0.05, 0.1) is 19.1 Å². The maximum Gasteiger partial charge on any atom is 0.324 e. The van der Waals surface area contributed by atoms with Crippen LogP contribution in [-0.4, -0.2) is 34.6 Å². The van der Waals surface area contributed by atoms with E-state index in [1.807, 2.05) is 24.3 Å². The Labute approximate surface area is 159 Å². The number of sulfonamides is 1. The van der Waals surface area contributed by atoms with Crippen LogP contribution in [0.15, 0.2) is 65.6 Å². The normalized spacial score (nSPS) is 12.3. The van der Waals surface area contributed by atoms with Crippen LogP contribution < -0.4 is 9.46 Å². The van der Waals surface area contributed by atoms with Crippen LogP contribution in [0.3, 0.4) is 0 Å². The van der Waals surface area contributed by atoms with Gasteiger partial charge in [-0.25, -0.2) is 8.42 Å². The van der Waals surface area contributed by atoms with Gasteiger partial charge in [-0.1, -0.05) is 29.8 Å². The van der Waals surface area contributed by atoms with Gasteiger partial charge in [0.25, 0.3) is 0 Å². The summed E-state index contributed by atoms with van der Waals surface area (Å²) in [5.41, 5.74) is 2.47. The molecule has 0 amide bonds. The largest absolute Gasteiger partial charge is 0.497 e. The Hall–Kier alpha value is -2.64. The first-order valence-electron chi connectivity index (χ1n) is 8.26. The Morgan fingerprint density at radius 3 is 2.00 bits per heavy atom. The standard InChI is InChI=1S/C20H23NO5S/c1-14(2)13-19(20(22)26-4)21-27(23,24)18-11-7-16(8-12-18)15-5-9-17(25-3)10-6-15/h5-12,19,21H,1,13H2,2-4H3. The average Bonchev–Trinajstić information content (AvgIpc) is 2.66. The highest BCUT2D eigenvalue weighted by Crippen LogP contribution is 2.24. The maximum absolute atomic E-state index is 12.6. The smallest absolute Gasteiger partial charge is 0.324 e. The van der Waals surface area contributed by atoms with Crippen LogP contribution in [0, 0.1) is 0 Å². The zero-order valence-electron chi connectivity index (χ0n) is 15.6. The van der Waals surface area contributed by atoms with Crippen molar-refractivity contribution in [1.82, 2.24) is 4.72 Å². The van der Waals surface area contributed by atoms with Crippen LogP contribution in [0.5, 0.6) is 5.75 Å². The summed E-state index contributed by atoms with van der Waals surface area (Å²) in [6.07, 6.45) is 0.163. The van der Waals surface area contributed by atoms with Gasteiger partial charge in [0.2, 0.25) is 10.0 Å². The molecule has 0 spiro atoms. The highest BCUT2D eigenvalue weighted by atomic mass is 32.2. The summed E-state index contributed by atoms with van der Waals surface area (Å²) in [5.74, 6) is 0.0879. The Kier molecular flexibility index (Phi) is 6.76. The number of methoxy groups -OCH3 is 2. The number of nitrogens with one attached hydrogen (secondary N) is 1. The zero-order valence-corrected chi connectivity index (χ0v) is 16.4. The summed E-state index contributed by atoms with van der Waals surface area (Å²) in [6, 6.07) is 12.8. The minimum atomic E-state index is -3.88. The van der Waals surface area contributed by atoms with Gasteiger partial charge < -0.3 is 9.47 Å². The monoisotopic (exact) mass is 389 g/mol. The highest BCUT2D eigenvalue weighted by molar-refractivity contribution is 7.89. The van der Waals surface area contributed by atoms with Gasteiger partial charge in [0, 0.05) is 0 Å². The van der Waals surface area contributed by atoms with Crippen molar-refractivity contribution in [2.45, 2.75) is 24.3 Å². The van der Waals surface area contributed by atoms with E-state index in [0.29, 0.717) is 5.57 Å². The van der Waals surface area contributed by atoms with E-state index in [1.165, 1.54) is 19.2 Å². The second-order valence-corrected chi connectivity index (χ2v) is 7.83. The number of carbonyl (C=O) groups is 1. The molecular formula is C20H23NO5S. The molecule has 144 valence electrons. The molecule has 1 atom stereocenters. The fourth-order valence-corrected chi connectivity index (χ4v) is 3.71. The number of rotatable bonds is 8. The van der Waals surface area contributed by atoms with Crippen LogP contribution in [-0.2, 0) is 19.6 Å². The van der Waals surface area contributed by atoms with E-state index < -0.39 is 22.0 Å². The first kappa shape index (κ1) is 20.7. The lowest BCUT2D eigenvalue weighted by molar-refractivity contribution is -0.142. The van der Waals surface area contributed by atoms with Crippen molar-refractivity contribution in [2.24, 2.45) is 0 Å². The summed E-state index contributed by atoms with van der Waals surface area (Å²) in [6.45, 7) is 5.44. The molecule has 27 heavy (non-hydrogen) atoms. The molecular weight excluding hydrogens is 366 g/mol. The van der Waals surface area contributed by atoms with Crippen molar-refractivity contribution in [2.75, 3.05) is 14.2 Å². The van der Waals surface area contributed by atoms with Gasteiger partial charge in [-0.15, -0.1) is 6.58 Å². The van der Waals surface area contributed by atoms with E-state index in [-0.39, 0.29) is 11.3 Å². The van der Waals surface area contributed by atoms with E-state index >= 15 is 0 Å². The SMILES string of the molecule is C=C(C)CC(NS(=O)(=O)c1ccc(-c2ccc(OC)cc2)cc1)C(=O)OC. The van der Waals surface area contributed by atoms with Gasteiger partial charge in [-0.3, -0.25) is 4.79 Å². The molecule has 0 aliphatic heterocycles. The van der Waals surface area contributed by atoms with Crippen molar-refractivity contribution < 1.29 is 22.7 Å². The second-order valence-electron chi connectivity index (χ2n) is 6.11.